The van der Waals surface area contributed by atoms with Gasteiger partial charge in [0.2, 0.25) is 10.0 Å². The van der Waals surface area contributed by atoms with Crippen molar-refractivity contribution in [2.24, 2.45) is 0 Å². The molecule has 1 aromatic heterocycles. The van der Waals surface area contributed by atoms with Crippen LogP contribution < -0.4 is 14.8 Å². The molecule has 168 valence electrons. The highest BCUT2D eigenvalue weighted by atomic mass is 32.2. The van der Waals surface area contributed by atoms with Crippen molar-refractivity contribution >= 4 is 32.6 Å². The second-order valence-electron chi connectivity index (χ2n) is 7.69. The van der Waals surface area contributed by atoms with Gasteiger partial charge in [0.1, 0.15) is 11.5 Å². The van der Waals surface area contributed by atoms with Gasteiger partial charge in [-0.2, -0.15) is 0 Å². The van der Waals surface area contributed by atoms with Crippen molar-refractivity contribution in [3.05, 3.63) is 95.7 Å². The molecule has 1 heterocycles. The third-order valence-electron chi connectivity index (χ3n) is 5.10. The van der Waals surface area contributed by atoms with E-state index in [0.29, 0.717) is 22.7 Å². The lowest BCUT2D eigenvalue weighted by atomic mass is 10.1. The lowest BCUT2D eigenvalue weighted by Crippen LogP contribution is -2.35. The molecule has 0 bridgehead atoms. The number of aryl methyl sites for hydroxylation is 2. The largest absolute Gasteiger partial charge is 0.457 e. The lowest BCUT2D eigenvalue weighted by molar-refractivity contribution is 0.256. The van der Waals surface area contributed by atoms with Crippen LogP contribution in [-0.4, -0.2) is 19.4 Å². The molecule has 8 heteroatoms. The lowest BCUT2D eigenvalue weighted by Gasteiger charge is -2.12. The number of nitrogens with zero attached hydrogens (tertiary/aromatic N) is 1. The number of urea groups is 1. The van der Waals surface area contributed by atoms with Gasteiger partial charge in [0.05, 0.1) is 11.3 Å². The highest BCUT2D eigenvalue weighted by molar-refractivity contribution is 7.89. The van der Waals surface area contributed by atoms with Crippen LogP contribution in [0.4, 0.5) is 10.5 Å². The second kappa shape index (κ2) is 9.30. The van der Waals surface area contributed by atoms with Gasteiger partial charge in [0, 0.05) is 17.3 Å². The fourth-order valence-corrected chi connectivity index (χ4v) is 4.37. The first-order valence-electron chi connectivity index (χ1n) is 10.3. The van der Waals surface area contributed by atoms with Gasteiger partial charge in [0.15, 0.2) is 0 Å². The first-order valence-corrected chi connectivity index (χ1v) is 11.9. The molecule has 2 N–H and O–H groups in total. The summed E-state index contributed by atoms with van der Waals surface area (Å²) in [7, 11) is -3.82. The van der Waals surface area contributed by atoms with Crippen LogP contribution in [0.2, 0.25) is 0 Å². The maximum Gasteiger partial charge on any atom is 0.332 e. The van der Waals surface area contributed by atoms with Gasteiger partial charge in [-0.25, -0.2) is 17.9 Å². The van der Waals surface area contributed by atoms with Gasteiger partial charge in [0.25, 0.3) is 0 Å². The molecule has 0 aliphatic heterocycles. The number of carbonyl (C=O) groups excluding carboxylic acids is 1. The summed E-state index contributed by atoms with van der Waals surface area (Å²) in [6.45, 7) is 4.08. The van der Waals surface area contributed by atoms with Crippen LogP contribution in [0.5, 0.6) is 11.5 Å². The first kappa shape index (κ1) is 22.3. The minimum absolute atomic E-state index is 0.285. The van der Waals surface area contributed by atoms with Crippen LogP contribution in [0.25, 0.3) is 10.9 Å². The molecule has 2 amide bonds. The van der Waals surface area contributed by atoms with Crippen molar-refractivity contribution in [1.29, 1.82) is 0 Å². The highest BCUT2D eigenvalue weighted by Gasteiger charge is 2.15. The molecule has 0 aliphatic rings. The zero-order chi connectivity index (χ0) is 23.4. The molecule has 0 fully saturated rings. The standard InChI is InChI=1S/C25H23N3O4S/c1-17-14-22-23(15-18(17)2)26-13-12-24(22)32-21-10-8-20(9-11-21)27-25(29)28-33(30,31)16-19-6-4-3-5-7-19/h3-15H,16H2,1-2H3,(H2,27,28,29). The van der Waals surface area contributed by atoms with E-state index in [1.807, 2.05) is 30.7 Å². The van der Waals surface area contributed by atoms with E-state index < -0.39 is 16.1 Å². The number of hydrogen-bond donors (Lipinski definition) is 2. The van der Waals surface area contributed by atoms with Crippen LogP contribution in [0.3, 0.4) is 0 Å². The zero-order valence-electron chi connectivity index (χ0n) is 18.2. The summed E-state index contributed by atoms with van der Waals surface area (Å²) < 4.78 is 32.5. The zero-order valence-corrected chi connectivity index (χ0v) is 19.0. The van der Waals surface area contributed by atoms with Crippen LogP contribution in [0.15, 0.2) is 79.0 Å². The van der Waals surface area contributed by atoms with Gasteiger partial charge >= 0.3 is 6.03 Å². The number of fused-ring (bicyclic) bond motifs is 1. The molecule has 3 aromatic carbocycles. The predicted octanol–water partition coefficient (Wildman–Crippen LogP) is 5.30. The number of carbonyl (C=O) groups is 1. The van der Waals surface area contributed by atoms with Gasteiger partial charge in [-0.05, 0) is 73.0 Å². The maximum absolute atomic E-state index is 12.2. The summed E-state index contributed by atoms with van der Waals surface area (Å²) in [4.78, 5) is 16.6. The average molecular weight is 462 g/mol. The van der Waals surface area contributed by atoms with Crippen LogP contribution in [0.1, 0.15) is 16.7 Å². The molecular weight excluding hydrogens is 438 g/mol. The average Bonchev–Trinajstić information content (AvgIpc) is 2.76. The number of pyridine rings is 1. The summed E-state index contributed by atoms with van der Waals surface area (Å²) in [6.07, 6.45) is 1.70. The van der Waals surface area contributed by atoms with Crippen molar-refractivity contribution in [1.82, 2.24) is 9.71 Å². The predicted molar refractivity (Wildman–Crippen MR) is 129 cm³/mol. The monoisotopic (exact) mass is 461 g/mol. The summed E-state index contributed by atoms with van der Waals surface area (Å²) in [6, 6.07) is 20.4. The minimum atomic E-state index is -3.82. The molecular formula is C25H23N3O4S. The van der Waals surface area contributed by atoms with Gasteiger partial charge in [-0.15, -0.1) is 0 Å². The number of sulfonamides is 1. The van der Waals surface area contributed by atoms with Crippen molar-refractivity contribution in [2.75, 3.05) is 5.32 Å². The Labute approximate surface area is 192 Å². The van der Waals surface area contributed by atoms with E-state index in [2.05, 4.69) is 10.3 Å². The minimum Gasteiger partial charge on any atom is -0.457 e. The topological polar surface area (TPSA) is 97.4 Å². The summed E-state index contributed by atoms with van der Waals surface area (Å²) in [5.41, 5.74) is 4.18. The number of nitrogens with one attached hydrogen (secondary N) is 2. The Kier molecular flexibility index (Phi) is 6.28. The summed E-state index contributed by atoms with van der Waals surface area (Å²) in [5, 5.41) is 3.43. The first-order chi connectivity index (χ1) is 15.8. The number of ether oxygens (including phenoxy) is 1. The van der Waals surface area contributed by atoms with Crippen LogP contribution >= 0.6 is 0 Å². The normalized spacial score (nSPS) is 11.2. The van der Waals surface area contributed by atoms with Gasteiger partial charge < -0.3 is 10.1 Å². The van der Waals surface area contributed by atoms with Crippen molar-refractivity contribution in [3.8, 4) is 11.5 Å². The Hall–Kier alpha value is -3.91. The number of hydrogen-bond acceptors (Lipinski definition) is 5. The van der Waals surface area contributed by atoms with Gasteiger partial charge in [-0.3, -0.25) is 4.98 Å². The van der Waals surface area contributed by atoms with E-state index in [4.69, 9.17) is 4.74 Å². The number of anilines is 1. The molecule has 0 aliphatic carbocycles. The molecule has 0 radical (unpaired) electrons. The molecule has 0 saturated heterocycles. The molecule has 33 heavy (non-hydrogen) atoms. The molecule has 0 spiro atoms. The Bertz CT molecular complexity index is 1400. The van der Waals surface area contributed by atoms with E-state index in [1.54, 1.807) is 66.9 Å². The molecule has 7 nitrogen and oxygen atoms in total. The van der Waals surface area contributed by atoms with E-state index in [9.17, 15) is 13.2 Å². The molecule has 0 unspecified atom stereocenters. The Balaban J connectivity index is 1.41. The molecule has 0 saturated carbocycles. The third kappa shape index (κ3) is 5.67. The van der Waals surface area contributed by atoms with Crippen molar-refractivity contribution < 1.29 is 17.9 Å². The number of rotatable bonds is 6. The Morgan fingerprint density at radius 3 is 2.36 bits per heavy atom. The SMILES string of the molecule is Cc1cc2nccc(Oc3ccc(NC(=O)NS(=O)(=O)Cc4ccccc4)cc3)c2cc1C. The number of aromatic nitrogens is 1. The Morgan fingerprint density at radius 1 is 0.939 bits per heavy atom. The van der Waals surface area contributed by atoms with Crippen molar-refractivity contribution in [3.63, 3.8) is 0 Å². The summed E-state index contributed by atoms with van der Waals surface area (Å²) in [5.74, 6) is 0.962. The highest BCUT2D eigenvalue weighted by Crippen LogP contribution is 2.31. The van der Waals surface area contributed by atoms with E-state index in [0.717, 1.165) is 22.0 Å². The molecule has 4 rings (SSSR count). The fraction of sp³-hybridized carbons (Fsp3) is 0.120. The van der Waals surface area contributed by atoms with Gasteiger partial charge in [-0.1, -0.05) is 30.3 Å². The van der Waals surface area contributed by atoms with E-state index in [1.165, 1.54) is 0 Å². The van der Waals surface area contributed by atoms with E-state index >= 15 is 0 Å². The van der Waals surface area contributed by atoms with Crippen LogP contribution in [0, 0.1) is 13.8 Å². The number of amides is 2. The fourth-order valence-electron chi connectivity index (χ4n) is 3.33. The summed E-state index contributed by atoms with van der Waals surface area (Å²) >= 11 is 0. The van der Waals surface area contributed by atoms with Crippen LogP contribution in [-0.2, 0) is 15.8 Å². The quantitative estimate of drug-likeness (QED) is 0.406. The van der Waals surface area contributed by atoms with Crippen molar-refractivity contribution in [2.45, 2.75) is 19.6 Å². The molecule has 4 aromatic rings. The molecule has 0 atom stereocenters. The Morgan fingerprint density at radius 2 is 1.64 bits per heavy atom. The number of benzene rings is 3. The second-order valence-corrected chi connectivity index (χ2v) is 9.41. The van der Waals surface area contributed by atoms with E-state index in [-0.39, 0.29) is 5.75 Å². The third-order valence-corrected chi connectivity index (χ3v) is 6.31. The smallest absolute Gasteiger partial charge is 0.332 e. The maximum atomic E-state index is 12.2.